The molecule has 1 saturated heterocycles. The van der Waals surface area contributed by atoms with Crippen molar-refractivity contribution in [3.05, 3.63) is 47.5 Å². The van der Waals surface area contributed by atoms with Crippen molar-refractivity contribution in [2.24, 2.45) is 0 Å². The Hall–Kier alpha value is -1.87. The number of piperazine rings is 1. The highest BCUT2D eigenvalue weighted by Gasteiger charge is 2.20. The molecule has 1 fully saturated rings. The van der Waals surface area contributed by atoms with E-state index in [4.69, 9.17) is 4.98 Å². The van der Waals surface area contributed by atoms with Crippen molar-refractivity contribution in [1.29, 1.82) is 0 Å². The number of benzene rings is 1. The number of likely N-dealkylation sites (N-methyl/N-ethyl adjacent to an activating group) is 1. The molecule has 21 heavy (non-hydrogen) atoms. The van der Waals surface area contributed by atoms with Gasteiger partial charge in [-0.05, 0) is 37.1 Å². The number of hydrogen-bond donors (Lipinski definition) is 0. The summed E-state index contributed by atoms with van der Waals surface area (Å²) in [5, 5.41) is 0. The van der Waals surface area contributed by atoms with Crippen molar-refractivity contribution in [1.82, 2.24) is 9.88 Å². The fourth-order valence-electron chi connectivity index (χ4n) is 3.36. The normalized spacial score (nSPS) is 18.2. The molecule has 0 atom stereocenters. The number of aromatic nitrogens is 1. The van der Waals surface area contributed by atoms with Gasteiger partial charge in [0.25, 0.3) is 0 Å². The lowest BCUT2D eigenvalue weighted by molar-refractivity contribution is 0.312. The minimum atomic E-state index is 1.07. The molecule has 1 aromatic carbocycles. The maximum Gasteiger partial charge on any atom is 0.129 e. The highest BCUT2D eigenvalue weighted by atomic mass is 15.3. The summed E-state index contributed by atoms with van der Waals surface area (Å²) in [5.74, 6) is 1.14. The predicted octanol–water partition coefficient (Wildman–Crippen LogP) is 2.60. The number of fused-ring (bicyclic) bond motifs is 3. The van der Waals surface area contributed by atoms with Gasteiger partial charge in [0.1, 0.15) is 5.82 Å². The van der Waals surface area contributed by atoms with Crippen LogP contribution in [0.1, 0.15) is 11.1 Å². The number of anilines is 1. The first-order valence-electron chi connectivity index (χ1n) is 7.83. The second-order valence-corrected chi connectivity index (χ2v) is 6.12. The van der Waals surface area contributed by atoms with Crippen molar-refractivity contribution in [2.75, 3.05) is 38.1 Å². The van der Waals surface area contributed by atoms with Crippen LogP contribution in [0.25, 0.3) is 11.3 Å². The summed E-state index contributed by atoms with van der Waals surface area (Å²) in [6.07, 6.45) is 2.25. The van der Waals surface area contributed by atoms with Crippen LogP contribution in [-0.2, 0) is 12.8 Å². The van der Waals surface area contributed by atoms with Crippen LogP contribution in [0.3, 0.4) is 0 Å². The number of hydrogen-bond acceptors (Lipinski definition) is 3. The second-order valence-electron chi connectivity index (χ2n) is 6.12. The lowest BCUT2D eigenvalue weighted by atomic mass is 9.89. The van der Waals surface area contributed by atoms with E-state index in [0.717, 1.165) is 44.8 Å². The first-order chi connectivity index (χ1) is 10.3. The molecule has 3 nitrogen and oxygen atoms in total. The minimum absolute atomic E-state index is 1.07. The van der Waals surface area contributed by atoms with Gasteiger partial charge in [-0.2, -0.15) is 0 Å². The fraction of sp³-hybridized carbons (Fsp3) is 0.389. The van der Waals surface area contributed by atoms with Crippen molar-refractivity contribution >= 4 is 5.82 Å². The van der Waals surface area contributed by atoms with Gasteiger partial charge in [0.2, 0.25) is 0 Å². The summed E-state index contributed by atoms with van der Waals surface area (Å²) in [7, 11) is 2.19. The number of aryl methyl sites for hydroxylation is 2. The Morgan fingerprint density at radius 2 is 1.62 bits per heavy atom. The zero-order valence-corrected chi connectivity index (χ0v) is 12.5. The first-order valence-corrected chi connectivity index (χ1v) is 7.83. The van der Waals surface area contributed by atoms with E-state index in [1.165, 1.54) is 22.4 Å². The summed E-state index contributed by atoms with van der Waals surface area (Å²) in [6, 6.07) is 13.2. The van der Waals surface area contributed by atoms with Gasteiger partial charge in [0.15, 0.2) is 0 Å². The number of rotatable bonds is 1. The van der Waals surface area contributed by atoms with Crippen molar-refractivity contribution in [3.8, 4) is 11.3 Å². The average Bonchev–Trinajstić information content (AvgIpc) is 2.55. The molecule has 0 spiro atoms. The molecule has 0 unspecified atom stereocenters. The fourth-order valence-corrected chi connectivity index (χ4v) is 3.36. The van der Waals surface area contributed by atoms with Crippen LogP contribution < -0.4 is 4.90 Å². The van der Waals surface area contributed by atoms with Crippen molar-refractivity contribution in [2.45, 2.75) is 12.8 Å². The van der Waals surface area contributed by atoms with Crippen LogP contribution in [0.4, 0.5) is 5.82 Å². The van der Waals surface area contributed by atoms with Gasteiger partial charge in [-0.3, -0.25) is 0 Å². The van der Waals surface area contributed by atoms with Gasteiger partial charge in [0.05, 0.1) is 5.69 Å². The third kappa shape index (κ3) is 2.32. The van der Waals surface area contributed by atoms with E-state index in [9.17, 15) is 0 Å². The second kappa shape index (κ2) is 5.15. The molecule has 0 bridgehead atoms. The molecule has 2 aromatic rings. The Labute approximate surface area is 126 Å². The van der Waals surface area contributed by atoms with Gasteiger partial charge >= 0.3 is 0 Å². The summed E-state index contributed by atoms with van der Waals surface area (Å²) < 4.78 is 0. The standard InChI is InChI=1S/C18H21N3/c1-20-10-12-21(13-11-20)17-9-8-15-7-6-14-4-2-3-5-16(14)18(15)19-17/h2-5,8-9H,6-7,10-13H2,1H3. The molecule has 4 rings (SSSR count). The van der Waals surface area contributed by atoms with E-state index in [1.54, 1.807) is 0 Å². The SMILES string of the molecule is CN1CCN(c2ccc3c(n2)-c2ccccc2CC3)CC1. The van der Waals surface area contributed by atoms with E-state index in [0.29, 0.717) is 0 Å². The van der Waals surface area contributed by atoms with Gasteiger partial charge in [0, 0.05) is 31.7 Å². The Morgan fingerprint density at radius 1 is 0.857 bits per heavy atom. The van der Waals surface area contributed by atoms with E-state index in [2.05, 4.69) is 53.2 Å². The molecular formula is C18H21N3. The molecule has 2 heterocycles. The van der Waals surface area contributed by atoms with Crippen molar-refractivity contribution in [3.63, 3.8) is 0 Å². The highest BCUT2D eigenvalue weighted by Crippen LogP contribution is 2.33. The van der Waals surface area contributed by atoms with Crippen molar-refractivity contribution < 1.29 is 0 Å². The smallest absolute Gasteiger partial charge is 0.129 e. The molecule has 0 amide bonds. The molecule has 2 aliphatic rings. The summed E-state index contributed by atoms with van der Waals surface area (Å²) >= 11 is 0. The maximum absolute atomic E-state index is 5.01. The van der Waals surface area contributed by atoms with Crippen LogP contribution in [0.15, 0.2) is 36.4 Å². The maximum atomic E-state index is 5.01. The first kappa shape index (κ1) is 12.8. The average molecular weight is 279 g/mol. The van der Waals surface area contributed by atoms with E-state index in [1.807, 2.05) is 0 Å². The number of nitrogens with zero attached hydrogens (tertiary/aromatic N) is 3. The van der Waals surface area contributed by atoms with Crippen LogP contribution in [0, 0.1) is 0 Å². The zero-order valence-electron chi connectivity index (χ0n) is 12.5. The predicted molar refractivity (Wildman–Crippen MR) is 86.8 cm³/mol. The van der Waals surface area contributed by atoms with Gasteiger partial charge < -0.3 is 9.80 Å². The van der Waals surface area contributed by atoms with Gasteiger partial charge in [-0.15, -0.1) is 0 Å². The monoisotopic (exact) mass is 279 g/mol. The molecule has 0 N–H and O–H groups in total. The Balaban J connectivity index is 1.71. The van der Waals surface area contributed by atoms with Crippen LogP contribution in [0.2, 0.25) is 0 Å². The molecule has 1 aromatic heterocycles. The van der Waals surface area contributed by atoms with Gasteiger partial charge in [-0.25, -0.2) is 4.98 Å². The Bertz CT molecular complexity index is 657. The van der Waals surface area contributed by atoms with Crippen LogP contribution in [0.5, 0.6) is 0 Å². The zero-order chi connectivity index (χ0) is 14.2. The lowest BCUT2D eigenvalue weighted by Crippen LogP contribution is -2.44. The molecule has 3 heteroatoms. The lowest BCUT2D eigenvalue weighted by Gasteiger charge is -2.33. The van der Waals surface area contributed by atoms with Crippen LogP contribution in [-0.4, -0.2) is 43.1 Å². The molecule has 108 valence electrons. The Kier molecular flexibility index (Phi) is 3.15. The van der Waals surface area contributed by atoms with E-state index in [-0.39, 0.29) is 0 Å². The third-order valence-electron chi connectivity index (χ3n) is 4.73. The molecule has 1 aliphatic carbocycles. The van der Waals surface area contributed by atoms with Gasteiger partial charge in [-0.1, -0.05) is 30.3 Å². The summed E-state index contributed by atoms with van der Waals surface area (Å²) in [6.45, 7) is 4.39. The Morgan fingerprint density at radius 3 is 2.48 bits per heavy atom. The van der Waals surface area contributed by atoms with E-state index < -0.39 is 0 Å². The largest absolute Gasteiger partial charge is 0.354 e. The molecule has 0 saturated carbocycles. The summed E-state index contributed by atoms with van der Waals surface area (Å²) in [5.41, 5.74) is 5.36. The molecule has 0 radical (unpaired) electrons. The third-order valence-corrected chi connectivity index (χ3v) is 4.73. The summed E-state index contributed by atoms with van der Waals surface area (Å²) in [4.78, 5) is 9.80. The number of pyridine rings is 1. The molecule has 1 aliphatic heterocycles. The van der Waals surface area contributed by atoms with Crippen LogP contribution >= 0.6 is 0 Å². The topological polar surface area (TPSA) is 19.4 Å². The highest BCUT2D eigenvalue weighted by molar-refractivity contribution is 5.71. The molecular weight excluding hydrogens is 258 g/mol. The minimum Gasteiger partial charge on any atom is -0.354 e. The van der Waals surface area contributed by atoms with E-state index >= 15 is 0 Å². The quantitative estimate of drug-likeness (QED) is 0.800.